The van der Waals surface area contributed by atoms with Crippen molar-refractivity contribution < 1.29 is 4.79 Å². The van der Waals surface area contributed by atoms with Crippen LogP contribution in [0.15, 0.2) is 55.1 Å². The number of aromatic nitrogens is 3. The van der Waals surface area contributed by atoms with Crippen LogP contribution in [-0.4, -0.2) is 39.2 Å². The van der Waals surface area contributed by atoms with E-state index in [0.29, 0.717) is 5.02 Å². The third kappa shape index (κ3) is 4.72. The maximum absolute atomic E-state index is 12.4. The molecule has 0 radical (unpaired) electrons. The molecule has 1 heterocycles. The highest BCUT2D eigenvalue weighted by Crippen LogP contribution is 2.22. The fourth-order valence-electron chi connectivity index (χ4n) is 2.82. The zero-order valence-corrected chi connectivity index (χ0v) is 16.3. The summed E-state index contributed by atoms with van der Waals surface area (Å²) in [7, 11) is 1.93. The van der Waals surface area contributed by atoms with Crippen molar-refractivity contribution >= 4 is 23.2 Å². The lowest BCUT2D eigenvalue weighted by molar-refractivity contribution is -0.117. The second-order valence-corrected chi connectivity index (χ2v) is 6.97. The van der Waals surface area contributed by atoms with Gasteiger partial charge in [0.05, 0.1) is 12.2 Å². The van der Waals surface area contributed by atoms with Gasteiger partial charge in [0.1, 0.15) is 12.7 Å². The first kappa shape index (κ1) is 19.1. The Bertz CT molecular complexity index is 909. The highest BCUT2D eigenvalue weighted by Gasteiger charge is 2.16. The van der Waals surface area contributed by atoms with Gasteiger partial charge >= 0.3 is 0 Å². The van der Waals surface area contributed by atoms with Gasteiger partial charge in [-0.05, 0) is 62.4 Å². The summed E-state index contributed by atoms with van der Waals surface area (Å²) in [4.78, 5) is 18.4. The molecule has 1 amide bonds. The molecular weight excluding hydrogens is 362 g/mol. The van der Waals surface area contributed by atoms with Crippen LogP contribution in [0.1, 0.15) is 24.1 Å². The molecular formula is C20H22ClN5O. The van der Waals surface area contributed by atoms with Gasteiger partial charge < -0.3 is 5.32 Å². The van der Waals surface area contributed by atoms with Crippen LogP contribution >= 0.6 is 11.6 Å². The molecule has 0 aliphatic carbocycles. The highest BCUT2D eigenvalue weighted by molar-refractivity contribution is 6.30. The van der Waals surface area contributed by atoms with Crippen molar-refractivity contribution in [2.75, 3.05) is 18.9 Å². The van der Waals surface area contributed by atoms with Crippen LogP contribution in [-0.2, 0) is 4.79 Å². The number of rotatable bonds is 6. The van der Waals surface area contributed by atoms with Crippen molar-refractivity contribution in [1.29, 1.82) is 0 Å². The zero-order chi connectivity index (χ0) is 19.4. The SMILES string of the molecule is Cc1cc(Cl)ccc1NC(=O)CN(C)[C@H](C)c1ccc(-n2cncn2)cc1. The maximum atomic E-state index is 12.4. The van der Waals surface area contributed by atoms with Gasteiger partial charge in [0, 0.05) is 16.8 Å². The average Bonchev–Trinajstić information content (AvgIpc) is 3.18. The van der Waals surface area contributed by atoms with E-state index in [2.05, 4.69) is 22.3 Å². The number of aryl methyl sites for hydroxylation is 1. The molecule has 0 fully saturated rings. The smallest absolute Gasteiger partial charge is 0.238 e. The van der Waals surface area contributed by atoms with Crippen molar-refractivity contribution in [3.05, 3.63) is 71.3 Å². The van der Waals surface area contributed by atoms with E-state index in [1.807, 2.05) is 55.3 Å². The van der Waals surface area contributed by atoms with E-state index >= 15 is 0 Å². The largest absolute Gasteiger partial charge is 0.325 e. The van der Waals surface area contributed by atoms with E-state index in [9.17, 15) is 4.79 Å². The Labute approximate surface area is 163 Å². The summed E-state index contributed by atoms with van der Waals surface area (Å²) in [6.45, 7) is 4.28. The third-order valence-electron chi connectivity index (χ3n) is 4.58. The van der Waals surface area contributed by atoms with Crippen molar-refractivity contribution in [2.45, 2.75) is 19.9 Å². The Morgan fingerprint density at radius 3 is 2.63 bits per heavy atom. The Balaban J connectivity index is 1.61. The topological polar surface area (TPSA) is 63.1 Å². The van der Waals surface area contributed by atoms with E-state index < -0.39 is 0 Å². The first-order valence-corrected chi connectivity index (χ1v) is 9.03. The predicted octanol–water partition coefficient (Wildman–Crippen LogP) is 3.86. The number of carbonyl (C=O) groups is 1. The normalized spacial score (nSPS) is 12.2. The Hall–Kier alpha value is -2.70. The van der Waals surface area contributed by atoms with E-state index in [1.165, 1.54) is 6.33 Å². The number of hydrogen-bond donors (Lipinski definition) is 1. The summed E-state index contributed by atoms with van der Waals surface area (Å²) in [5.41, 5.74) is 3.79. The number of anilines is 1. The van der Waals surface area contributed by atoms with Crippen LogP contribution in [0, 0.1) is 6.92 Å². The molecule has 0 saturated heterocycles. The second kappa shape index (κ2) is 8.33. The number of hydrogen-bond acceptors (Lipinski definition) is 4. The van der Waals surface area contributed by atoms with Crippen LogP contribution in [0.4, 0.5) is 5.69 Å². The summed E-state index contributed by atoms with van der Waals surface area (Å²) >= 11 is 5.96. The summed E-state index contributed by atoms with van der Waals surface area (Å²) in [5.74, 6) is -0.0611. The van der Waals surface area contributed by atoms with Crippen LogP contribution < -0.4 is 5.32 Å². The number of benzene rings is 2. The number of halogens is 1. The van der Waals surface area contributed by atoms with Gasteiger partial charge in [0.2, 0.25) is 5.91 Å². The molecule has 2 aromatic carbocycles. The van der Waals surface area contributed by atoms with Gasteiger partial charge in [-0.15, -0.1) is 0 Å². The molecule has 3 rings (SSSR count). The minimum atomic E-state index is -0.0611. The van der Waals surface area contributed by atoms with Gasteiger partial charge in [0.25, 0.3) is 0 Å². The van der Waals surface area contributed by atoms with Gasteiger partial charge in [-0.1, -0.05) is 23.7 Å². The number of carbonyl (C=O) groups excluding carboxylic acids is 1. The highest BCUT2D eigenvalue weighted by atomic mass is 35.5. The fourth-order valence-corrected chi connectivity index (χ4v) is 3.05. The first-order valence-electron chi connectivity index (χ1n) is 8.65. The van der Waals surface area contributed by atoms with E-state index in [0.717, 1.165) is 22.5 Å². The first-order chi connectivity index (χ1) is 12.9. The lowest BCUT2D eigenvalue weighted by atomic mass is 10.1. The summed E-state index contributed by atoms with van der Waals surface area (Å²) in [6.07, 6.45) is 3.17. The van der Waals surface area contributed by atoms with Gasteiger partial charge in [0.15, 0.2) is 0 Å². The van der Waals surface area contributed by atoms with Crippen molar-refractivity contribution in [2.24, 2.45) is 0 Å². The molecule has 1 N–H and O–H groups in total. The molecule has 0 bridgehead atoms. The summed E-state index contributed by atoms with van der Waals surface area (Å²) < 4.78 is 1.71. The molecule has 6 nitrogen and oxygen atoms in total. The van der Waals surface area contributed by atoms with Crippen molar-refractivity contribution in [3.63, 3.8) is 0 Å². The number of nitrogens with zero attached hydrogens (tertiary/aromatic N) is 4. The molecule has 0 aliphatic heterocycles. The second-order valence-electron chi connectivity index (χ2n) is 6.53. The molecule has 140 valence electrons. The minimum Gasteiger partial charge on any atom is -0.325 e. The fraction of sp³-hybridized carbons (Fsp3) is 0.250. The van der Waals surface area contributed by atoms with Crippen molar-refractivity contribution in [3.8, 4) is 5.69 Å². The Morgan fingerprint density at radius 2 is 2.00 bits per heavy atom. The van der Waals surface area contributed by atoms with E-state index in [1.54, 1.807) is 17.1 Å². The van der Waals surface area contributed by atoms with E-state index in [4.69, 9.17) is 11.6 Å². The maximum Gasteiger partial charge on any atom is 0.238 e. The molecule has 0 aliphatic rings. The van der Waals surface area contributed by atoms with Gasteiger partial charge in [-0.2, -0.15) is 5.10 Å². The summed E-state index contributed by atoms with van der Waals surface area (Å²) in [5, 5.41) is 7.72. The Morgan fingerprint density at radius 1 is 1.26 bits per heavy atom. The van der Waals surface area contributed by atoms with Crippen LogP contribution in [0.5, 0.6) is 0 Å². The predicted molar refractivity (Wildman–Crippen MR) is 107 cm³/mol. The molecule has 3 aromatic rings. The number of likely N-dealkylation sites (N-methyl/N-ethyl adjacent to an activating group) is 1. The molecule has 1 aromatic heterocycles. The van der Waals surface area contributed by atoms with Crippen LogP contribution in [0.25, 0.3) is 5.69 Å². The molecule has 0 spiro atoms. The molecule has 27 heavy (non-hydrogen) atoms. The van der Waals surface area contributed by atoms with Crippen LogP contribution in [0.2, 0.25) is 5.02 Å². The van der Waals surface area contributed by atoms with Crippen LogP contribution in [0.3, 0.4) is 0 Å². The lowest BCUT2D eigenvalue weighted by Crippen LogP contribution is -2.32. The quantitative estimate of drug-likeness (QED) is 0.702. The van der Waals surface area contributed by atoms with E-state index in [-0.39, 0.29) is 18.5 Å². The Kier molecular flexibility index (Phi) is 5.88. The minimum absolute atomic E-state index is 0.0611. The zero-order valence-electron chi connectivity index (χ0n) is 15.6. The molecule has 7 heteroatoms. The molecule has 1 atom stereocenters. The standard InChI is InChI=1S/C20H22ClN5O/c1-14-10-17(21)6-9-19(14)24-20(27)11-25(3)15(2)16-4-7-18(8-5-16)26-13-22-12-23-26/h4-10,12-13,15H,11H2,1-3H3,(H,24,27)/t15-/m1/s1. The average molecular weight is 384 g/mol. The number of amides is 1. The third-order valence-corrected chi connectivity index (χ3v) is 4.81. The molecule has 0 unspecified atom stereocenters. The van der Waals surface area contributed by atoms with Crippen molar-refractivity contribution in [1.82, 2.24) is 19.7 Å². The van der Waals surface area contributed by atoms with Gasteiger partial charge in [-0.3, -0.25) is 9.69 Å². The number of nitrogens with one attached hydrogen (secondary N) is 1. The van der Waals surface area contributed by atoms with Gasteiger partial charge in [-0.25, -0.2) is 9.67 Å². The molecule has 0 saturated carbocycles. The lowest BCUT2D eigenvalue weighted by Gasteiger charge is -2.25. The summed E-state index contributed by atoms with van der Waals surface area (Å²) in [6, 6.07) is 13.6. The monoisotopic (exact) mass is 383 g/mol.